The van der Waals surface area contributed by atoms with Crippen LogP contribution in [0, 0.1) is 0 Å². The summed E-state index contributed by atoms with van der Waals surface area (Å²) in [7, 11) is 0. The van der Waals surface area contributed by atoms with E-state index in [4.69, 9.17) is 26.5 Å². The number of aromatic nitrogens is 11. The molecule has 0 radical (unpaired) electrons. The number of fused-ring (bicyclic) bond motifs is 6. The third-order valence-corrected chi connectivity index (χ3v) is 17.0. The molecular formula is C55H57N21O9. The van der Waals surface area contributed by atoms with E-state index in [0.29, 0.717) is 87.5 Å². The Bertz CT molecular complexity index is 4000. The number of carbonyl (C=O) groups is 8. The first-order valence-electron chi connectivity index (χ1n) is 27.5. The molecule has 7 aromatic rings. The molecule has 4 bridgehead atoms. The van der Waals surface area contributed by atoms with Crippen molar-refractivity contribution in [3.05, 3.63) is 95.1 Å². The maximum atomic E-state index is 13.1. The summed E-state index contributed by atoms with van der Waals surface area (Å²) in [6.45, 7) is 6.17. The molecule has 7 aromatic heterocycles. The van der Waals surface area contributed by atoms with Gasteiger partial charge in [-0.2, -0.15) is 29.4 Å². The van der Waals surface area contributed by atoms with Crippen molar-refractivity contribution < 1.29 is 43.5 Å². The second-order valence-corrected chi connectivity index (χ2v) is 22.4. The molecular weight excluding hydrogens is 1100 g/mol. The molecule has 7 aliphatic heterocycles. The number of piperidine rings is 2. The van der Waals surface area contributed by atoms with E-state index in [1.807, 2.05) is 11.0 Å². The lowest BCUT2D eigenvalue weighted by Crippen LogP contribution is -2.46. The number of nitrogens with zero attached hydrogens (tertiary/aromatic N) is 13. The van der Waals surface area contributed by atoms with Gasteiger partial charge in [0.2, 0.25) is 5.82 Å². The average Bonchev–Trinajstić information content (AvgIpc) is 2.64. The van der Waals surface area contributed by atoms with Gasteiger partial charge in [0, 0.05) is 83.3 Å². The fraction of sp³-hybridized carbons (Fsp3) is 0.382. The number of imide groups is 2. The van der Waals surface area contributed by atoms with E-state index in [1.54, 1.807) is 56.8 Å². The van der Waals surface area contributed by atoms with Gasteiger partial charge in [-0.05, 0) is 91.2 Å². The average molecular weight is 1160 g/mol. The number of aliphatic carboxylic acids is 1. The standard InChI is InChI=1S/C27H27N11O4.C24H26N8O3.C4H4N2O2/c1-12(39)19-20(14-7-15-4-5-16(8-14)37(15)24(40)22-30-11-31-36-22)33-23-17(10-32-38(23)21(19)28)13-3-6-18(29-9-13)27(2)25(41)34-26(42)35-27;1-11(33)18-19(13-7-14-4-5-15(8-13)28-14)29-21-16(10-27-32(21)20(18)25)12-3-6-17(26-9-12)24(2)22(34)30-23(35)31-24;7-4(8)3-1-2-5-6-3/h3,6,9-11,14-16H,4-5,7-8,28H2,1-2H3,(H,30,31,36)(H2,34,35,41,42);3,6,9-10,13-15,28H,4-5,7-8,25H2,1-2H3,(H2,30,31,34,35);2H,1H2,(H,7,8)/t14?,15-,16+,27?;13?,14-,15+,24?;. The van der Waals surface area contributed by atoms with Crippen LogP contribution in [0.2, 0.25) is 0 Å². The second kappa shape index (κ2) is 21.2. The molecule has 11 N–H and O–H groups in total. The molecule has 7 amide bonds. The fourth-order valence-electron chi connectivity index (χ4n) is 12.8. The molecule has 6 saturated heterocycles. The number of aromatic amines is 1. The molecule has 14 heterocycles. The van der Waals surface area contributed by atoms with E-state index in [1.165, 1.54) is 35.4 Å². The summed E-state index contributed by atoms with van der Waals surface area (Å²) in [6.07, 6.45) is 16.7. The van der Waals surface area contributed by atoms with Gasteiger partial charge in [-0.1, -0.05) is 12.1 Å². The highest BCUT2D eigenvalue weighted by Gasteiger charge is 2.48. The number of carboxylic acid groups (broad SMARTS) is 1. The van der Waals surface area contributed by atoms with Crippen LogP contribution in [0.15, 0.2) is 65.6 Å². The number of nitrogens with two attached hydrogens (primary N) is 2. The van der Waals surface area contributed by atoms with Crippen LogP contribution in [0.3, 0.4) is 0 Å². The molecule has 4 unspecified atom stereocenters. The Morgan fingerprint density at radius 3 is 1.53 bits per heavy atom. The number of H-pyrrole nitrogens is 1. The van der Waals surface area contributed by atoms with Crippen LogP contribution in [-0.4, -0.2) is 148 Å². The smallest absolute Gasteiger partial charge is 0.352 e. The Morgan fingerprint density at radius 2 is 1.15 bits per heavy atom. The molecule has 436 valence electrons. The monoisotopic (exact) mass is 1160 g/mol. The molecule has 0 aliphatic carbocycles. The molecule has 7 aliphatic rings. The van der Waals surface area contributed by atoms with E-state index in [-0.39, 0.29) is 64.6 Å². The van der Waals surface area contributed by atoms with Gasteiger partial charge in [-0.3, -0.25) is 49.7 Å². The van der Waals surface area contributed by atoms with E-state index in [2.05, 4.69) is 72.1 Å². The first kappa shape index (κ1) is 55.3. The lowest BCUT2D eigenvalue weighted by atomic mass is 9.85. The number of Topliss-reactive ketones (excluding diaryl/α,β-unsaturated/α-hetero) is 2. The number of amides is 7. The van der Waals surface area contributed by atoms with Gasteiger partial charge in [0.25, 0.3) is 17.7 Å². The minimum atomic E-state index is -1.29. The van der Waals surface area contributed by atoms with Crippen molar-refractivity contribution in [1.82, 2.24) is 85.8 Å². The highest BCUT2D eigenvalue weighted by molar-refractivity contribution is 6.38. The van der Waals surface area contributed by atoms with Crippen molar-refractivity contribution in [1.29, 1.82) is 0 Å². The zero-order chi connectivity index (χ0) is 59.8. The van der Waals surface area contributed by atoms with Crippen LogP contribution in [0.1, 0.15) is 151 Å². The van der Waals surface area contributed by atoms with Gasteiger partial charge in [0.15, 0.2) is 39.7 Å². The van der Waals surface area contributed by atoms with Gasteiger partial charge in [0.05, 0.1) is 46.3 Å². The largest absolute Gasteiger partial charge is 0.477 e. The summed E-state index contributed by atoms with van der Waals surface area (Å²) < 4.78 is 2.96. The zero-order valence-electron chi connectivity index (χ0n) is 46.3. The highest BCUT2D eigenvalue weighted by atomic mass is 16.4. The fourth-order valence-corrected chi connectivity index (χ4v) is 12.8. The molecule has 0 aromatic carbocycles. The third kappa shape index (κ3) is 9.71. The number of rotatable bonds is 10. The number of ketones is 2. The minimum absolute atomic E-state index is 0.0267. The van der Waals surface area contributed by atoms with Crippen molar-refractivity contribution >= 4 is 82.2 Å². The Morgan fingerprint density at radius 1 is 0.659 bits per heavy atom. The van der Waals surface area contributed by atoms with Crippen LogP contribution < -0.4 is 38.1 Å². The van der Waals surface area contributed by atoms with Gasteiger partial charge in [0.1, 0.15) is 18.0 Å². The second-order valence-electron chi connectivity index (χ2n) is 22.4. The Kier molecular flexibility index (Phi) is 13.8. The van der Waals surface area contributed by atoms with Crippen molar-refractivity contribution in [2.75, 3.05) is 11.5 Å². The maximum Gasteiger partial charge on any atom is 0.352 e. The van der Waals surface area contributed by atoms with Crippen molar-refractivity contribution in [3.63, 3.8) is 0 Å². The number of hydrogen-bond acceptors (Lipinski definition) is 21. The van der Waals surface area contributed by atoms with Crippen LogP contribution in [0.5, 0.6) is 0 Å². The molecule has 14 rings (SSSR count). The normalized spacial score (nSPS) is 25.4. The molecule has 6 fully saturated rings. The first-order valence-corrected chi connectivity index (χ1v) is 27.5. The summed E-state index contributed by atoms with van der Waals surface area (Å²) in [6, 6.07) is 6.64. The van der Waals surface area contributed by atoms with E-state index in [9.17, 15) is 38.4 Å². The summed E-state index contributed by atoms with van der Waals surface area (Å²) >= 11 is 0. The Hall–Kier alpha value is -10.3. The Balaban J connectivity index is 0.000000149. The predicted octanol–water partition coefficient (Wildman–Crippen LogP) is 2.83. The summed E-state index contributed by atoms with van der Waals surface area (Å²) in [5.74, 6) is -1.68. The summed E-state index contributed by atoms with van der Waals surface area (Å²) in [4.78, 5) is 121. The van der Waals surface area contributed by atoms with Gasteiger partial charge in [-0.15, -0.1) is 5.10 Å². The topological polar surface area (TPSA) is 425 Å². The maximum absolute atomic E-state index is 13.1. The van der Waals surface area contributed by atoms with Crippen molar-refractivity contribution in [3.8, 4) is 22.3 Å². The number of urea groups is 2. The molecule has 0 saturated carbocycles. The van der Waals surface area contributed by atoms with Crippen molar-refractivity contribution in [2.24, 2.45) is 10.2 Å². The number of nitrogens with one attached hydrogen (secondary N) is 6. The van der Waals surface area contributed by atoms with Gasteiger partial charge >= 0.3 is 18.0 Å². The van der Waals surface area contributed by atoms with Gasteiger partial charge < -0.3 is 37.4 Å². The van der Waals surface area contributed by atoms with Crippen LogP contribution in [-0.2, 0) is 25.5 Å². The number of nitrogen functional groups attached to an aromatic ring is 2. The van der Waals surface area contributed by atoms with E-state index < -0.39 is 40.9 Å². The molecule has 0 spiro atoms. The van der Waals surface area contributed by atoms with E-state index >= 15 is 0 Å². The zero-order valence-corrected chi connectivity index (χ0v) is 46.3. The number of anilines is 2. The molecule has 30 nitrogen and oxygen atoms in total. The number of carboxylic acids is 1. The number of hydrogen-bond donors (Lipinski definition) is 9. The predicted molar refractivity (Wildman–Crippen MR) is 301 cm³/mol. The van der Waals surface area contributed by atoms with Crippen LogP contribution in [0.4, 0.5) is 21.2 Å². The SMILES string of the molecule is CC(=O)c1c(C2C[C@H]3CC[C@@H](C2)N3)nc2c(-c3ccc(C4(C)NC(=O)NC4=O)nc3)cnn2c1N.CC(=O)c1c(C2C[C@H]3CC[C@@H](C2)N3C(=O)c2ncn[nH]2)nc2c(-c3ccc(C4(C)NC(=O)NC4=O)nc3)cnn2c1N.O=C(O)C1=NN=CC1. The van der Waals surface area contributed by atoms with E-state index in [0.717, 1.165) is 49.8 Å². The van der Waals surface area contributed by atoms with Crippen LogP contribution in [0.25, 0.3) is 33.5 Å². The van der Waals surface area contributed by atoms with Crippen molar-refractivity contribution in [2.45, 2.75) is 133 Å². The summed E-state index contributed by atoms with van der Waals surface area (Å²) in [5, 5.41) is 43.5. The molecule has 30 heteroatoms. The highest BCUT2D eigenvalue weighted by Crippen LogP contribution is 2.46. The summed E-state index contributed by atoms with van der Waals surface area (Å²) in [5.41, 5.74) is 17.3. The molecule has 8 atom stereocenters. The Labute approximate surface area is 481 Å². The first-order chi connectivity index (χ1) is 40.7. The lowest BCUT2D eigenvalue weighted by Gasteiger charge is -2.38. The lowest BCUT2D eigenvalue weighted by molar-refractivity contribution is -0.129. The number of pyridine rings is 2. The molecule has 85 heavy (non-hydrogen) atoms. The number of carbonyl (C=O) groups excluding carboxylic acids is 7. The third-order valence-electron chi connectivity index (χ3n) is 17.0. The van der Waals surface area contributed by atoms with Crippen LogP contribution >= 0.6 is 0 Å². The quantitative estimate of drug-likeness (QED) is 0.0702. The minimum Gasteiger partial charge on any atom is -0.477 e. The van der Waals surface area contributed by atoms with Gasteiger partial charge in [-0.25, -0.2) is 29.3 Å².